The fourth-order valence-corrected chi connectivity index (χ4v) is 4.03. The van der Waals surface area contributed by atoms with Gasteiger partial charge in [0.25, 0.3) is 11.8 Å². The molecule has 1 N–H and O–H groups in total. The number of likely N-dealkylation sites (N-methyl/N-ethyl adjacent to an activating group) is 1. The van der Waals surface area contributed by atoms with Crippen LogP contribution in [-0.4, -0.2) is 40.3 Å². The van der Waals surface area contributed by atoms with E-state index in [1.54, 1.807) is 42.5 Å². The number of aryl methyl sites for hydroxylation is 1. The van der Waals surface area contributed by atoms with Crippen molar-refractivity contribution in [2.24, 2.45) is 0 Å². The summed E-state index contributed by atoms with van der Waals surface area (Å²) in [7, 11) is 1.36. The van der Waals surface area contributed by atoms with Gasteiger partial charge in [-0.05, 0) is 68.0 Å². The normalized spacial score (nSPS) is 15.3. The van der Waals surface area contributed by atoms with Gasteiger partial charge < -0.3 is 9.88 Å². The van der Waals surface area contributed by atoms with Crippen molar-refractivity contribution in [3.8, 4) is 5.69 Å². The van der Waals surface area contributed by atoms with Gasteiger partial charge in [-0.1, -0.05) is 18.2 Å². The lowest BCUT2D eigenvalue weighted by atomic mass is 10.1. The molecule has 0 spiro atoms. The number of carbonyl (C=O) groups excluding carboxylic acids is 4. The molecule has 8 nitrogen and oxygen atoms in total. The monoisotopic (exact) mass is 456 g/mol. The van der Waals surface area contributed by atoms with E-state index in [-0.39, 0.29) is 11.5 Å². The number of urea groups is 1. The molecule has 0 atom stereocenters. The second kappa shape index (κ2) is 8.82. The van der Waals surface area contributed by atoms with Crippen LogP contribution in [0.3, 0.4) is 0 Å². The highest BCUT2D eigenvalue weighted by atomic mass is 16.2. The fourth-order valence-electron chi connectivity index (χ4n) is 4.03. The van der Waals surface area contributed by atoms with Crippen molar-refractivity contribution in [3.63, 3.8) is 0 Å². The van der Waals surface area contributed by atoms with E-state index in [1.165, 1.54) is 20.0 Å². The van der Waals surface area contributed by atoms with Crippen molar-refractivity contribution in [2.45, 2.75) is 20.8 Å². The average molecular weight is 457 g/mol. The van der Waals surface area contributed by atoms with Crippen molar-refractivity contribution in [1.82, 2.24) is 9.47 Å². The lowest BCUT2D eigenvalue weighted by Crippen LogP contribution is -2.55. The van der Waals surface area contributed by atoms with Crippen LogP contribution in [0.2, 0.25) is 0 Å². The van der Waals surface area contributed by atoms with E-state index in [9.17, 15) is 19.2 Å². The quantitative estimate of drug-likeness (QED) is 0.473. The van der Waals surface area contributed by atoms with Gasteiger partial charge >= 0.3 is 6.03 Å². The zero-order valence-electron chi connectivity index (χ0n) is 19.3. The molecule has 8 heteroatoms. The molecule has 1 saturated heterocycles. The maximum Gasteiger partial charge on any atom is 0.338 e. The first-order chi connectivity index (χ1) is 16.2. The second-order valence-corrected chi connectivity index (χ2v) is 8.07. The Balaban J connectivity index is 1.74. The minimum atomic E-state index is -0.692. The SMILES string of the molecule is CC(=O)Nc1ccc(-n2c(C)cc(/C=C3\C(=O)N(C)C(=O)N(c4ccccc4)C3=O)c2C)cc1. The first kappa shape index (κ1) is 22.7. The Morgan fingerprint density at radius 3 is 2.15 bits per heavy atom. The Labute approximate surface area is 197 Å². The summed E-state index contributed by atoms with van der Waals surface area (Å²) in [4.78, 5) is 52.0. The molecule has 2 heterocycles. The summed E-state index contributed by atoms with van der Waals surface area (Å²) >= 11 is 0. The van der Waals surface area contributed by atoms with E-state index in [0.717, 1.165) is 26.9 Å². The highest BCUT2D eigenvalue weighted by molar-refractivity contribution is 6.39. The van der Waals surface area contributed by atoms with Crippen LogP contribution in [0, 0.1) is 13.8 Å². The van der Waals surface area contributed by atoms with Crippen LogP contribution in [-0.2, 0) is 14.4 Å². The van der Waals surface area contributed by atoms with E-state index >= 15 is 0 Å². The van der Waals surface area contributed by atoms with Gasteiger partial charge in [-0.2, -0.15) is 0 Å². The molecule has 1 aliphatic heterocycles. The number of amides is 5. The summed E-state index contributed by atoms with van der Waals surface area (Å²) in [6.07, 6.45) is 1.54. The molecule has 3 aromatic rings. The Bertz CT molecular complexity index is 1340. The smallest absolute Gasteiger partial charge is 0.326 e. The fraction of sp³-hybridized carbons (Fsp3) is 0.154. The maximum absolute atomic E-state index is 13.2. The van der Waals surface area contributed by atoms with Gasteiger partial charge in [0, 0.05) is 36.7 Å². The summed E-state index contributed by atoms with van der Waals surface area (Å²) in [5.74, 6) is -1.46. The van der Waals surface area contributed by atoms with Gasteiger partial charge in [0.2, 0.25) is 5.91 Å². The number of benzene rings is 2. The Morgan fingerprint density at radius 1 is 0.882 bits per heavy atom. The molecular weight excluding hydrogens is 432 g/mol. The lowest BCUT2D eigenvalue weighted by molar-refractivity contribution is -0.128. The van der Waals surface area contributed by atoms with E-state index < -0.39 is 17.8 Å². The van der Waals surface area contributed by atoms with E-state index in [4.69, 9.17) is 0 Å². The van der Waals surface area contributed by atoms with Crippen LogP contribution in [0.5, 0.6) is 0 Å². The molecule has 1 aromatic heterocycles. The molecule has 34 heavy (non-hydrogen) atoms. The summed E-state index contributed by atoms with van der Waals surface area (Å²) in [5, 5.41) is 2.74. The van der Waals surface area contributed by atoms with Crippen LogP contribution in [0.25, 0.3) is 11.8 Å². The van der Waals surface area contributed by atoms with E-state index in [0.29, 0.717) is 16.9 Å². The highest BCUT2D eigenvalue weighted by Gasteiger charge is 2.41. The van der Waals surface area contributed by atoms with Gasteiger partial charge in [0.15, 0.2) is 0 Å². The number of imide groups is 2. The third kappa shape index (κ3) is 4.01. The van der Waals surface area contributed by atoms with Crippen LogP contribution in [0.15, 0.2) is 66.2 Å². The molecule has 1 fully saturated rings. The minimum Gasteiger partial charge on any atom is -0.326 e. The average Bonchev–Trinajstić information content (AvgIpc) is 3.09. The van der Waals surface area contributed by atoms with Gasteiger partial charge in [-0.25, -0.2) is 9.69 Å². The molecular formula is C26H24N4O4. The number of carbonyl (C=O) groups is 4. The Kier molecular flexibility index (Phi) is 5.89. The van der Waals surface area contributed by atoms with Crippen molar-refractivity contribution < 1.29 is 19.2 Å². The zero-order valence-corrected chi connectivity index (χ0v) is 19.3. The number of barbiturate groups is 1. The number of anilines is 2. The molecule has 5 amide bonds. The van der Waals surface area contributed by atoms with Crippen LogP contribution in [0.1, 0.15) is 23.9 Å². The molecule has 0 radical (unpaired) electrons. The molecule has 0 bridgehead atoms. The number of hydrogen-bond acceptors (Lipinski definition) is 4. The summed E-state index contributed by atoms with van der Waals surface area (Å²) in [5.41, 5.74) is 4.28. The van der Waals surface area contributed by atoms with Crippen molar-refractivity contribution in [1.29, 1.82) is 0 Å². The first-order valence-corrected chi connectivity index (χ1v) is 10.7. The minimum absolute atomic E-state index is 0.0905. The van der Waals surface area contributed by atoms with E-state index in [2.05, 4.69) is 5.32 Å². The first-order valence-electron chi connectivity index (χ1n) is 10.7. The lowest BCUT2D eigenvalue weighted by Gasteiger charge is -2.31. The molecule has 2 aromatic carbocycles. The number of rotatable bonds is 4. The standard InChI is InChI=1S/C26H24N4O4/c1-16-14-19(17(2)29(16)22-12-10-20(11-13-22)27-18(3)31)15-23-24(32)28(4)26(34)30(25(23)33)21-8-6-5-7-9-21/h5-15H,1-4H3,(H,27,31)/b23-15+. The topological polar surface area (TPSA) is 91.7 Å². The Morgan fingerprint density at radius 2 is 1.53 bits per heavy atom. The predicted molar refractivity (Wildman–Crippen MR) is 130 cm³/mol. The second-order valence-electron chi connectivity index (χ2n) is 8.07. The summed E-state index contributed by atoms with van der Waals surface area (Å²) in [6.45, 7) is 5.27. The van der Waals surface area contributed by atoms with Crippen molar-refractivity contribution in [3.05, 3.63) is 83.2 Å². The van der Waals surface area contributed by atoms with Crippen LogP contribution >= 0.6 is 0 Å². The summed E-state index contributed by atoms with van der Waals surface area (Å²) < 4.78 is 1.99. The van der Waals surface area contributed by atoms with Gasteiger partial charge in [-0.15, -0.1) is 0 Å². The number of aromatic nitrogens is 1. The van der Waals surface area contributed by atoms with Crippen molar-refractivity contribution in [2.75, 3.05) is 17.3 Å². The van der Waals surface area contributed by atoms with Crippen LogP contribution in [0.4, 0.5) is 16.2 Å². The van der Waals surface area contributed by atoms with Gasteiger partial charge in [0.1, 0.15) is 5.57 Å². The number of para-hydroxylation sites is 1. The number of nitrogens with one attached hydrogen (secondary N) is 1. The molecule has 172 valence electrons. The molecule has 1 aliphatic rings. The van der Waals surface area contributed by atoms with E-state index in [1.807, 2.05) is 36.6 Å². The van der Waals surface area contributed by atoms with Crippen LogP contribution < -0.4 is 10.2 Å². The third-order valence-corrected chi connectivity index (χ3v) is 5.68. The van der Waals surface area contributed by atoms with Gasteiger partial charge in [-0.3, -0.25) is 19.3 Å². The molecule has 0 saturated carbocycles. The number of hydrogen-bond donors (Lipinski definition) is 1. The molecule has 0 aliphatic carbocycles. The third-order valence-electron chi connectivity index (χ3n) is 5.68. The van der Waals surface area contributed by atoms with Crippen molar-refractivity contribution >= 4 is 41.2 Å². The molecule has 4 rings (SSSR count). The number of nitrogens with zero attached hydrogens (tertiary/aromatic N) is 3. The largest absolute Gasteiger partial charge is 0.338 e. The zero-order chi connectivity index (χ0) is 24.6. The summed E-state index contributed by atoms with van der Waals surface area (Å²) in [6, 6.07) is 17.1. The van der Waals surface area contributed by atoms with Gasteiger partial charge in [0.05, 0.1) is 5.69 Å². The maximum atomic E-state index is 13.2. The Hall–Kier alpha value is -4.46. The highest BCUT2D eigenvalue weighted by Crippen LogP contribution is 2.28. The molecule has 0 unspecified atom stereocenters. The predicted octanol–water partition coefficient (Wildman–Crippen LogP) is 4.06.